The molecule has 2 aromatic rings. The minimum atomic E-state index is 0.470. The van der Waals surface area contributed by atoms with E-state index in [2.05, 4.69) is 39.2 Å². The van der Waals surface area contributed by atoms with Crippen LogP contribution in [0.15, 0.2) is 47.6 Å². The van der Waals surface area contributed by atoms with Gasteiger partial charge in [-0.2, -0.15) is 0 Å². The fraction of sp³-hybridized carbons (Fsp3) is 0.478. The summed E-state index contributed by atoms with van der Waals surface area (Å²) in [6.45, 7) is 8.11. The number of aromatic nitrogens is 1. The third-order valence-corrected chi connectivity index (χ3v) is 5.13. The first kappa shape index (κ1) is 22.7. The average molecular weight is 428 g/mol. The Balaban J connectivity index is 1.61. The largest absolute Gasteiger partial charge is 0.497 e. The van der Waals surface area contributed by atoms with Gasteiger partial charge in [0.05, 0.1) is 20.3 Å². The molecule has 0 unspecified atom stereocenters. The standard InChI is InChI=1S/C23H33N5O3/c1-4-24-23(26-18-19-6-5-11-25-22(19)31-17-16-29-2)28-14-12-27(13-15-28)20-7-9-21(30-3)10-8-20/h5-11H,4,12-18H2,1-3H3,(H,24,26). The first-order valence-electron chi connectivity index (χ1n) is 10.7. The van der Waals surface area contributed by atoms with Crippen molar-refractivity contribution in [2.24, 2.45) is 4.99 Å². The number of nitrogens with zero attached hydrogens (tertiary/aromatic N) is 4. The highest BCUT2D eigenvalue weighted by Crippen LogP contribution is 2.21. The molecule has 168 valence electrons. The highest BCUT2D eigenvalue weighted by atomic mass is 16.5. The van der Waals surface area contributed by atoms with E-state index in [4.69, 9.17) is 19.2 Å². The van der Waals surface area contributed by atoms with E-state index in [1.165, 1.54) is 5.69 Å². The number of methoxy groups -OCH3 is 2. The van der Waals surface area contributed by atoms with E-state index in [0.717, 1.165) is 50.0 Å². The van der Waals surface area contributed by atoms with Crippen molar-refractivity contribution >= 4 is 11.6 Å². The third kappa shape index (κ3) is 6.49. The summed E-state index contributed by atoms with van der Waals surface area (Å²) in [4.78, 5) is 13.9. The van der Waals surface area contributed by atoms with Gasteiger partial charge >= 0.3 is 0 Å². The van der Waals surface area contributed by atoms with Crippen molar-refractivity contribution in [1.29, 1.82) is 0 Å². The number of aliphatic imine (C=N–C) groups is 1. The molecule has 1 aromatic carbocycles. The van der Waals surface area contributed by atoms with Crippen LogP contribution in [0, 0.1) is 0 Å². The molecule has 8 heteroatoms. The number of anilines is 1. The normalized spacial score (nSPS) is 14.5. The molecule has 0 saturated carbocycles. The Morgan fingerprint density at radius 2 is 1.84 bits per heavy atom. The van der Waals surface area contributed by atoms with E-state index in [1.807, 2.05) is 24.3 Å². The van der Waals surface area contributed by atoms with Crippen LogP contribution in [0.1, 0.15) is 12.5 Å². The fourth-order valence-electron chi connectivity index (χ4n) is 3.45. The molecule has 0 atom stereocenters. The lowest BCUT2D eigenvalue weighted by Gasteiger charge is -2.37. The van der Waals surface area contributed by atoms with Gasteiger partial charge in [0.15, 0.2) is 5.96 Å². The van der Waals surface area contributed by atoms with Gasteiger partial charge in [-0.25, -0.2) is 9.98 Å². The summed E-state index contributed by atoms with van der Waals surface area (Å²) in [5.41, 5.74) is 2.18. The first-order valence-corrected chi connectivity index (χ1v) is 10.7. The van der Waals surface area contributed by atoms with Gasteiger partial charge in [0.1, 0.15) is 12.4 Å². The number of ether oxygens (including phenoxy) is 3. The molecule has 1 fully saturated rings. The van der Waals surface area contributed by atoms with Crippen LogP contribution in [0.25, 0.3) is 0 Å². The van der Waals surface area contributed by atoms with Gasteiger partial charge < -0.3 is 29.3 Å². The quantitative estimate of drug-likeness (QED) is 0.374. The zero-order valence-electron chi connectivity index (χ0n) is 18.7. The topological polar surface area (TPSA) is 71.5 Å². The lowest BCUT2D eigenvalue weighted by Crippen LogP contribution is -2.52. The van der Waals surface area contributed by atoms with Crippen molar-refractivity contribution in [2.45, 2.75) is 13.5 Å². The van der Waals surface area contributed by atoms with E-state index in [0.29, 0.717) is 25.6 Å². The van der Waals surface area contributed by atoms with Crippen LogP contribution in [0.4, 0.5) is 5.69 Å². The number of rotatable bonds is 9. The second-order valence-electron chi connectivity index (χ2n) is 7.15. The van der Waals surface area contributed by atoms with Crippen molar-refractivity contribution in [3.8, 4) is 11.6 Å². The maximum atomic E-state index is 5.74. The molecule has 1 N–H and O–H groups in total. The summed E-state index contributed by atoms with van der Waals surface area (Å²) in [5.74, 6) is 2.41. The minimum Gasteiger partial charge on any atom is -0.497 e. The molecular weight excluding hydrogens is 394 g/mol. The van der Waals surface area contributed by atoms with Gasteiger partial charge in [-0.15, -0.1) is 0 Å². The minimum absolute atomic E-state index is 0.470. The lowest BCUT2D eigenvalue weighted by atomic mass is 10.2. The molecule has 1 aromatic heterocycles. The molecule has 1 saturated heterocycles. The fourth-order valence-corrected chi connectivity index (χ4v) is 3.45. The lowest BCUT2D eigenvalue weighted by molar-refractivity contribution is 0.143. The maximum absolute atomic E-state index is 5.74. The molecule has 0 radical (unpaired) electrons. The van der Waals surface area contributed by atoms with Gasteiger partial charge in [0, 0.05) is 57.3 Å². The van der Waals surface area contributed by atoms with Crippen molar-refractivity contribution in [3.05, 3.63) is 48.2 Å². The number of guanidine groups is 1. The molecule has 0 bridgehead atoms. The summed E-state index contributed by atoms with van der Waals surface area (Å²) in [6.07, 6.45) is 1.74. The van der Waals surface area contributed by atoms with Crippen LogP contribution in [-0.2, 0) is 11.3 Å². The van der Waals surface area contributed by atoms with E-state index in [-0.39, 0.29) is 0 Å². The van der Waals surface area contributed by atoms with E-state index >= 15 is 0 Å². The Hall–Kier alpha value is -3.00. The molecule has 3 rings (SSSR count). The molecule has 0 spiro atoms. The second kappa shape index (κ2) is 12.0. The Bertz CT molecular complexity index is 820. The molecule has 8 nitrogen and oxygen atoms in total. The third-order valence-electron chi connectivity index (χ3n) is 5.13. The SMILES string of the molecule is CCNC(=NCc1cccnc1OCCOC)N1CCN(c2ccc(OC)cc2)CC1. The number of hydrogen-bond donors (Lipinski definition) is 1. The number of piperazine rings is 1. The predicted octanol–water partition coefficient (Wildman–Crippen LogP) is 2.40. The number of pyridine rings is 1. The monoisotopic (exact) mass is 427 g/mol. The van der Waals surface area contributed by atoms with Crippen LogP contribution in [0.3, 0.4) is 0 Å². The van der Waals surface area contributed by atoms with Crippen LogP contribution in [0.2, 0.25) is 0 Å². The summed E-state index contributed by atoms with van der Waals surface area (Å²) in [6, 6.07) is 12.2. The number of nitrogens with one attached hydrogen (secondary N) is 1. The molecule has 1 aliphatic rings. The van der Waals surface area contributed by atoms with Crippen molar-refractivity contribution in [1.82, 2.24) is 15.2 Å². The number of hydrogen-bond acceptors (Lipinski definition) is 6. The van der Waals surface area contributed by atoms with E-state index < -0.39 is 0 Å². The summed E-state index contributed by atoms with van der Waals surface area (Å²) in [7, 11) is 3.35. The van der Waals surface area contributed by atoms with Crippen molar-refractivity contribution in [3.63, 3.8) is 0 Å². The summed E-state index contributed by atoms with van der Waals surface area (Å²) < 4.78 is 16.1. The molecule has 2 heterocycles. The average Bonchev–Trinajstić information content (AvgIpc) is 2.83. The van der Waals surface area contributed by atoms with Crippen LogP contribution >= 0.6 is 0 Å². The van der Waals surface area contributed by atoms with Crippen LogP contribution in [0.5, 0.6) is 11.6 Å². The molecule has 0 aliphatic carbocycles. The van der Waals surface area contributed by atoms with Gasteiger partial charge in [0.2, 0.25) is 5.88 Å². The van der Waals surface area contributed by atoms with Gasteiger partial charge in [-0.05, 0) is 37.3 Å². The summed E-state index contributed by atoms with van der Waals surface area (Å²) in [5, 5.41) is 3.42. The molecular formula is C23H33N5O3. The van der Waals surface area contributed by atoms with Crippen molar-refractivity contribution in [2.75, 3.05) is 65.1 Å². The Morgan fingerprint density at radius 3 is 2.52 bits per heavy atom. The zero-order valence-corrected chi connectivity index (χ0v) is 18.7. The highest BCUT2D eigenvalue weighted by molar-refractivity contribution is 5.80. The van der Waals surface area contributed by atoms with Gasteiger partial charge in [-0.1, -0.05) is 6.07 Å². The van der Waals surface area contributed by atoms with Gasteiger partial charge in [-0.3, -0.25) is 0 Å². The van der Waals surface area contributed by atoms with Crippen LogP contribution in [-0.4, -0.2) is 76.0 Å². The number of benzene rings is 1. The van der Waals surface area contributed by atoms with E-state index in [9.17, 15) is 0 Å². The zero-order chi connectivity index (χ0) is 21.9. The molecule has 31 heavy (non-hydrogen) atoms. The Morgan fingerprint density at radius 1 is 1.06 bits per heavy atom. The Labute approximate surface area is 184 Å². The summed E-state index contributed by atoms with van der Waals surface area (Å²) >= 11 is 0. The molecule has 1 aliphatic heterocycles. The highest BCUT2D eigenvalue weighted by Gasteiger charge is 2.20. The van der Waals surface area contributed by atoms with E-state index in [1.54, 1.807) is 20.4 Å². The predicted molar refractivity (Wildman–Crippen MR) is 123 cm³/mol. The first-order chi connectivity index (χ1) is 15.2. The second-order valence-corrected chi connectivity index (χ2v) is 7.15. The maximum Gasteiger partial charge on any atom is 0.218 e. The Kier molecular flexibility index (Phi) is 8.78. The molecule has 0 amide bonds. The van der Waals surface area contributed by atoms with Gasteiger partial charge in [0.25, 0.3) is 0 Å². The van der Waals surface area contributed by atoms with Crippen molar-refractivity contribution < 1.29 is 14.2 Å². The smallest absolute Gasteiger partial charge is 0.218 e. The van der Waals surface area contributed by atoms with Crippen LogP contribution < -0.4 is 19.7 Å².